The lowest BCUT2D eigenvalue weighted by molar-refractivity contribution is 0.198. The van der Waals surface area contributed by atoms with Gasteiger partial charge < -0.3 is 10.8 Å². The molecule has 3 rings (SSSR count). The zero-order valence-electron chi connectivity index (χ0n) is 15.8. The van der Waals surface area contributed by atoms with Gasteiger partial charge in [-0.15, -0.1) is 0 Å². The summed E-state index contributed by atoms with van der Waals surface area (Å²) in [4.78, 5) is 0. The van der Waals surface area contributed by atoms with Gasteiger partial charge in [-0.25, -0.2) is 0 Å². The maximum Gasteiger partial charge on any atom is 0.0611 e. The smallest absolute Gasteiger partial charge is 0.0611 e. The third kappa shape index (κ3) is 4.74. The number of benzene rings is 1. The number of allylic oxidation sites excluding steroid dienone is 2. The summed E-state index contributed by atoms with van der Waals surface area (Å²) in [7, 11) is 0. The normalized spacial score (nSPS) is 29.2. The first kappa shape index (κ1) is 18.7. The molecule has 0 unspecified atom stereocenters. The van der Waals surface area contributed by atoms with Crippen LogP contribution < -0.4 is 5.73 Å². The van der Waals surface area contributed by atoms with Crippen LogP contribution in [0.1, 0.15) is 80.9 Å². The molecule has 1 saturated carbocycles. The predicted molar refractivity (Wildman–Crippen MR) is 106 cm³/mol. The van der Waals surface area contributed by atoms with E-state index in [0.717, 1.165) is 25.2 Å². The topological polar surface area (TPSA) is 46.2 Å². The Morgan fingerprint density at radius 1 is 1.24 bits per heavy atom. The SMILES string of the molecule is C/C=C/CCCC[C@H]1CCc2cc([C@H]3CC[C@](N)(CO)C3)ccc2C1. The predicted octanol–water partition coefficient (Wildman–Crippen LogP) is 4.89. The molecule has 2 heteroatoms. The van der Waals surface area contributed by atoms with Gasteiger partial charge in [-0.1, -0.05) is 43.2 Å². The number of nitrogens with two attached hydrogens (primary N) is 1. The lowest BCUT2D eigenvalue weighted by Crippen LogP contribution is -2.40. The van der Waals surface area contributed by atoms with Crippen LogP contribution >= 0.6 is 0 Å². The van der Waals surface area contributed by atoms with Crippen molar-refractivity contribution in [1.29, 1.82) is 0 Å². The zero-order valence-corrected chi connectivity index (χ0v) is 15.8. The fraction of sp³-hybridized carbons (Fsp3) is 0.652. The number of aliphatic hydroxyl groups is 1. The second kappa shape index (κ2) is 8.51. The van der Waals surface area contributed by atoms with Crippen LogP contribution in [0.2, 0.25) is 0 Å². The summed E-state index contributed by atoms with van der Waals surface area (Å²) in [6, 6.07) is 7.17. The largest absolute Gasteiger partial charge is 0.394 e. The van der Waals surface area contributed by atoms with Gasteiger partial charge in [0.15, 0.2) is 0 Å². The molecule has 3 atom stereocenters. The molecule has 25 heavy (non-hydrogen) atoms. The number of unbranched alkanes of at least 4 members (excludes halogenated alkanes) is 2. The highest BCUT2D eigenvalue weighted by molar-refractivity contribution is 5.36. The maximum absolute atomic E-state index is 9.50. The van der Waals surface area contributed by atoms with E-state index in [-0.39, 0.29) is 12.1 Å². The fourth-order valence-electron chi connectivity index (χ4n) is 4.80. The van der Waals surface area contributed by atoms with E-state index in [1.165, 1.54) is 50.5 Å². The second-order valence-corrected chi connectivity index (χ2v) is 8.45. The average molecular weight is 342 g/mol. The second-order valence-electron chi connectivity index (χ2n) is 8.45. The van der Waals surface area contributed by atoms with Crippen LogP contribution in [0.15, 0.2) is 30.4 Å². The monoisotopic (exact) mass is 341 g/mol. The van der Waals surface area contributed by atoms with Crippen LogP contribution in [0.3, 0.4) is 0 Å². The third-order valence-corrected chi connectivity index (χ3v) is 6.46. The standard InChI is InChI=1S/C23H35NO/c1-2-3-4-5-6-7-18-8-9-20-15-21(11-10-19(20)14-18)22-12-13-23(24,16-22)17-25/h2-3,10-11,15,18,22,25H,4-9,12-14,16-17,24H2,1H3/b3-2+/t18-,22-,23+/m0/s1. The van der Waals surface area contributed by atoms with Gasteiger partial charge in [0.2, 0.25) is 0 Å². The van der Waals surface area contributed by atoms with E-state index in [9.17, 15) is 5.11 Å². The molecule has 0 aromatic heterocycles. The summed E-state index contributed by atoms with van der Waals surface area (Å²) >= 11 is 0. The van der Waals surface area contributed by atoms with Crippen LogP contribution in [0.4, 0.5) is 0 Å². The Kier molecular flexibility index (Phi) is 6.35. The van der Waals surface area contributed by atoms with E-state index in [4.69, 9.17) is 5.73 Å². The van der Waals surface area contributed by atoms with Crippen LogP contribution in [-0.4, -0.2) is 17.3 Å². The van der Waals surface area contributed by atoms with Gasteiger partial charge in [-0.05, 0) is 86.8 Å². The van der Waals surface area contributed by atoms with Gasteiger partial charge in [-0.2, -0.15) is 0 Å². The highest BCUT2D eigenvalue weighted by atomic mass is 16.3. The van der Waals surface area contributed by atoms with Gasteiger partial charge in [0, 0.05) is 5.54 Å². The lowest BCUT2D eigenvalue weighted by atomic mass is 9.79. The first-order chi connectivity index (χ1) is 12.1. The van der Waals surface area contributed by atoms with Gasteiger partial charge in [0.25, 0.3) is 0 Å². The van der Waals surface area contributed by atoms with Crippen LogP contribution in [0.5, 0.6) is 0 Å². The molecule has 138 valence electrons. The minimum absolute atomic E-state index is 0.115. The maximum atomic E-state index is 9.50. The molecule has 0 heterocycles. The number of aryl methyl sites for hydroxylation is 1. The highest BCUT2D eigenvalue weighted by Crippen LogP contribution is 2.40. The Hall–Kier alpha value is -1.12. The summed E-state index contributed by atoms with van der Waals surface area (Å²) in [5.41, 5.74) is 10.5. The Morgan fingerprint density at radius 2 is 2.12 bits per heavy atom. The van der Waals surface area contributed by atoms with E-state index in [2.05, 4.69) is 37.3 Å². The summed E-state index contributed by atoms with van der Waals surface area (Å²) in [5.74, 6) is 1.41. The minimum atomic E-state index is -0.349. The van der Waals surface area contributed by atoms with Crippen LogP contribution in [0.25, 0.3) is 0 Å². The number of rotatable bonds is 7. The Labute approximate surface area is 153 Å². The summed E-state index contributed by atoms with van der Waals surface area (Å²) < 4.78 is 0. The van der Waals surface area contributed by atoms with E-state index >= 15 is 0 Å². The number of aliphatic hydroxyl groups excluding tert-OH is 1. The average Bonchev–Trinajstić information content (AvgIpc) is 3.04. The summed E-state index contributed by atoms with van der Waals surface area (Å²) in [5, 5.41) is 9.50. The van der Waals surface area contributed by atoms with Crippen molar-refractivity contribution in [3.05, 3.63) is 47.0 Å². The van der Waals surface area contributed by atoms with Crippen molar-refractivity contribution in [3.63, 3.8) is 0 Å². The molecule has 0 amide bonds. The van der Waals surface area contributed by atoms with Gasteiger partial charge in [0.05, 0.1) is 6.61 Å². The Bertz CT molecular complexity index is 594. The van der Waals surface area contributed by atoms with Crippen molar-refractivity contribution < 1.29 is 5.11 Å². The molecule has 2 aliphatic rings. The molecule has 0 saturated heterocycles. The molecule has 1 aromatic rings. The van der Waals surface area contributed by atoms with Gasteiger partial charge in [-0.3, -0.25) is 0 Å². The Balaban J connectivity index is 1.55. The molecule has 0 spiro atoms. The first-order valence-corrected chi connectivity index (χ1v) is 10.3. The lowest BCUT2D eigenvalue weighted by Gasteiger charge is -2.26. The van der Waals surface area contributed by atoms with Gasteiger partial charge in [0.1, 0.15) is 0 Å². The number of fused-ring (bicyclic) bond motifs is 1. The molecule has 3 N–H and O–H groups in total. The molecule has 0 aliphatic heterocycles. The Morgan fingerprint density at radius 3 is 2.88 bits per heavy atom. The van der Waals surface area contributed by atoms with Crippen molar-refractivity contribution in [1.82, 2.24) is 0 Å². The molecule has 1 fully saturated rings. The quantitative estimate of drug-likeness (QED) is 0.548. The molecular formula is C23H35NO. The van der Waals surface area contributed by atoms with Crippen molar-refractivity contribution in [2.45, 2.75) is 82.6 Å². The van der Waals surface area contributed by atoms with E-state index in [1.807, 2.05) is 0 Å². The van der Waals surface area contributed by atoms with Crippen molar-refractivity contribution in [3.8, 4) is 0 Å². The molecule has 2 nitrogen and oxygen atoms in total. The highest BCUT2D eigenvalue weighted by Gasteiger charge is 2.36. The number of hydrogen-bond donors (Lipinski definition) is 2. The zero-order chi connectivity index (χ0) is 17.7. The molecular weight excluding hydrogens is 306 g/mol. The van der Waals surface area contributed by atoms with Crippen molar-refractivity contribution in [2.24, 2.45) is 11.7 Å². The number of hydrogen-bond acceptors (Lipinski definition) is 2. The van der Waals surface area contributed by atoms with Crippen LogP contribution in [-0.2, 0) is 12.8 Å². The van der Waals surface area contributed by atoms with E-state index in [0.29, 0.717) is 5.92 Å². The molecule has 0 radical (unpaired) electrons. The molecule has 1 aromatic carbocycles. The summed E-state index contributed by atoms with van der Waals surface area (Å²) in [6.07, 6.45) is 16.6. The van der Waals surface area contributed by atoms with E-state index < -0.39 is 0 Å². The fourth-order valence-corrected chi connectivity index (χ4v) is 4.80. The van der Waals surface area contributed by atoms with Gasteiger partial charge >= 0.3 is 0 Å². The summed E-state index contributed by atoms with van der Waals surface area (Å²) in [6.45, 7) is 2.22. The van der Waals surface area contributed by atoms with Crippen molar-refractivity contribution in [2.75, 3.05) is 6.61 Å². The first-order valence-electron chi connectivity index (χ1n) is 10.3. The third-order valence-electron chi connectivity index (χ3n) is 6.46. The van der Waals surface area contributed by atoms with E-state index in [1.54, 1.807) is 11.1 Å². The molecule has 0 bridgehead atoms. The molecule has 2 aliphatic carbocycles. The van der Waals surface area contributed by atoms with Crippen LogP contribution in [0, 0.1) is 5.92 Å². The minimum Gasteiger partial charge on any atom is -0.394 e. The van der Waals surface area contributed by atoms with Crippen molar-refractivity contribution >= 4 is 0 Å².